The van der Waals surface area contributed by atoms with E-state index in [0.29, 0.717) is 11.4 Å². The molecule has 9 rings (SSSR count). The van der Waals surface area contributed by atoms with Crippen molar-refractivity contribution in [3.8, 4) is 44.5 Å². The third-order valence-corrected chi connectivity index (χ3v) is 16.6. The van der Waals surface area contributed by atoms with E-state index in [1.165, 1.54) is 44.5 Å². The molecule has 432 valence electrons. The van der Waals surface area contributed by atoms with Gasteiger partial charge in [0, 0.05) is 0 Å². The number of nitrogens with two attached hydrogens (primary N) is 1. The third-order valence-electron chi connectivity index (χ3n) is 16.6. The molecule has 2 aliphatic heterocycles. The molecule has 8 bridgehead atoms. The Hall–Kier alpha value is -6.06. The van der Waals surface area contributed by atoms with Gasteiger partial charge in [0.25, 0.3) is 0 Å². The molecule has 2 N–H and O–H groups in total. The second-order valence-corrected chi connectivity index (χ2v) is 31.8. The first kappa shape index (κ1) is 62.0. The van der Waals surface area contributed by atoms with Crippen LogP contribution in [0.25, 0.3) is 90.5 Å². The summed E-state index contributed by atoms with van der Waals surface area (Å²) in [6.45, 7) is 55.2. The number of rotatable bonds is 4. The van der Waals surface area contributed by atoms with Crippen molar-refractivity contribution in [3.63, 3.8) is 0 Å². The minimum Gasteiger partial charge on any atom is -0.657 e. The fourth-order valence-corrected chi connectivity index (χ4v) is 10.9. The first-order valence-electron chi connectivity index (χ1n) is 29.6. The molecule has 82 heavy (non-hydrogen) atoms. The van der Waals surface area contributed by atoms with Crippen molar-refractivity contribution in [2.45, 2.75) is 209 Å². The van der Waals surface area contributed by atoms with Crippen LogP contribution >= 0.6 is 0 Å². The second-order valence-electron chi connectivity index (χ2n) is 31.8. The van der Waals surface area contributed by atoms with Gasteiger partial charge in [-0.1, -0.05) is 263 Å². The normalized spacial score (nSPS) is 13.8. The van der Waals surface area contributed by atoms with Crippen molar-refractivity contribution in [2.24, 2.45) is 5.73 Å². The summed E-state index contributed by atoms with van der Waals surface area (Å²) in [5, 5.41) is 0. The molecule has 6 heteroatoms. The van der Waals surface area contributed by atoms with E-state index in [1.807, 2.05) is 0 Å². The average Bonchev–Trinajstić information content (AvgIpc) is 4.27. The van der Waals surface area contributed by atoms with Gasteiger partial charge in [-0.25, -0.2) is 9.97 Å². The van der Waals surface area contributed by atoms with Gasteiger partial charge in [-0.2, -0.15) is 0 Å². The molecule has 0 unspecified atom stereocenters. The van der Waals surface area contributed by atoms with Crippen LogP contribution in [-0.2, 0) is 63.7 Å². The fourth-order valence-electron chi connectivity index (χ4n) is 10.9. The van der Waals surface area contributed by atoms with Crippen molar-refractivity contribution in [3.05, 3.63) is 164 Å². The maximum atomic E-state index is 7.56. The number of fused-ring (bicyclic) bond motifs is 8. The summed E-state index contributed by atoms with van der Waals surface area (Å²) in [6.07, 6.45) is 6.50. The molecule has 5 nitrogen and oxygen atoms in total. The van der Waals surface area contributed by atoms with E-state index in [-0.39, 0.29) is 63.7 Å². The van der Waals surface area contributed by atoms with E-state index < -0.39 is 0 Å². The van der Waals surface area contributed by atoms with Crippen LogP contribution in [0, 0.1) is 0 Å². The summed E-state index contributed by atoms with van der Waals surface area (Å²) in [7, 11) is 0. The molecule has 5 heterocycles. The van der Waals surface area contributed by atoms with Crippen LogP contribution in [0.3, 0.4) is 0 Å². The van der Waals surface area contributed by atoms with Crippen molar-refractivity contribution < 1.29 is 20.4 Å². The standard InChI is InChI=1S/C76H93N5.Pd/c1-69(2,3)48-31-44(32-49(39-48)70(4,5)6)64-57-25-26-58(78-57)65(45-33-50(71(7,8)9)40-51(34-45)72(10,11)12)60-29-30-62(80-60)67(47-37-54(75(19,20)21)42-55(38-47)76(22,23)24)68-56(77)43-63(81-68)66(61-28-27-59(64)79-61)46-35-52(73(13,14)15)41-53(36-46)74(16,17)18;/h25-43H,77H2,1-24H3;/q-2;+2. The van der Waals surface area contributed by atoms with Gasteiger partial charge in [-0.15, -0.1) is 22.1 Å². The molecule has 0 saturated carbocycles. The van der Waals surface area contributed by atoms with Gasteiger partial charge in [-0.3, -0.25) is 0 Å². The predicted octanol–water partition coefficient (Wildman–Crippen LogP) is 20.2. The average molecular weight is 1180 g/mol. The molecule has 2 aliphatic rings. The zero-order valence-corrected chi connectivity index (χ0v) is 55.7. The maximum Gasteiger partial charge on any atom is 2.00 e. The molecular formula is C76H93N5Pd. The molecule has 0 aliphatic carbocycles. The first-order valence-corrected chi connectivity index (χ1v) is 29.6. The quantitative estimate of drug-likeness (QED) is 0.178. The number of nitrogens with zero attached hydrogens (tertiary/aromatic N) is 4. The Kier molecular flexibility index (Phi) is 15.8. The number of aromatic nitrogens is 4. The zero-order chi connectivity index (χ0) is 59.7. The molecule has 0 saturated heterocycles. The molecule has 3 aromatic heterocycles. The minimum absolute atomic E-state index is 0. The van der Waals surface area contributed by atoms with E-state index in [4.69, 9.17) is 25.7 Å². The summed E-state index contributed by atoms with van der Waals surface area (Å²) in [6, 6.07) is 37.2. The van der Waals surface area contributed by atoms with Gasteiger partial charge in [0.15, 0.2) is 0 Å². The molecular weight excluding hydrogens is 1090 g/mol. The van der Waals surface area contributed by atoms with Crippen LogP contribution in [0.1, 0.15) is 233 Å². The van der Waals surface area contributed by atoms with Crippen molar-refractivity contribution >= 4 is 46.0 Å². The van der Waals surface area contributed by atoms with Crippen LogP contribution in [0.2, 0.25) is 0 Å². The van der Waals surface area contributed by atoms with Crippen LogP contribution in [-0.4, -0.2) is 9.97 Å². The topological polar surface area (TPSA) is 80.0 Å². The van der Waals surface area contributed by atoms with Crippen LogP contribution in [0.4, 0.5) is 0 Å². The van der Waals surface area contributed by atoms with E-state index >= 15 is 0 Å². The van der Waals surface area contributed by atoms with E-state index in [9.17, 15) is 0 Å². The number of hydrogen-bond donors (Lipinski definition) is 1. The second kappa shape index (κ2) is 20.9. The van der Waals surface area contributed by atoms with Gasteiger partial charge in [0.1, 0.15) is 0 Å². The van der Waals surface area contributed by atoms with Gasteiger partial charge in [0.2, 0.25) is 0 Å². The van der Waals surface area contributed by atoms with Crippen molar-refractivity contribution in [1.29, 1.82) is 0 Å². The maximum absolute atomic E-state index is 7.56. The third kappa shape index (κ3) is 12.6. The minimum atomic E-state index is -0.149. The fraction of sp³-hybridized carbons (Fsp3) is 0.421. The predicted molar refractivity (Wildman–Crippen MR) is 351 cm³/mol. The summed E-state index contributed by atoms with van der Waals surface area (Å²) in [5.41, 5.74) is 31.5. The van der Waals surface area contributed by atoms with E-state index in [2.05, 4.69) is 281 Å². The molecule has 4 aromatic carbocycles. The van der Waals surface area contributed by atoms with E-state index in [0.717, 1.165) is 83.7 Å². The Balaban J connectivity index is 0.00000880. The molecule has 0 atom stereocenters. The van der Waals surface area contributed by atoms with Gasteiger partial charge in [-0.05, 0) is 151 Å². The largest absolute Gasteiger partial charge is 2.00 e. The van der Waals surface area contributed by atoms with Crippen LogP contribution < -0.4 is 15.7 Å². The summed E-state index contributed by atoms with van der Waals surface area (Å²) >= 11 is 0. The Morgan fingerprint density at radius 1 is 0.293 bits per heavy atom. The van der Waals surface area contributed by atoms with E-state index in [1.54, 1.807) is 0 Å². The van der Waals surface area contributed by atoms with Crippen LogP contribution in [0.15, 0.2) is 97.1 Å². The van der Waals surface area contributed by atoms with Crippen molar-refractivity contribution in [1.82, 2.24) is 19.9 Å². The zero-order valence-electron chi connectivity index (χ0n) is 54.2. The Morgan fingerprint density at radius 3 is 0.756 bits per heavy atom. The first-order chi connectivity index (χ1) is 37.1. The molecule has 0 spiro atoms. The number of benzene rings is 4. The van der Waals surface area contributed by atoms with Gasteiger partial charge in [0.05, 0.1) is 28.5 Å². The smallest absolute Gasteiger partial charge is 0.657 e. The summed E-state index contributed by atoms with van der Waals surface area (Å²) in [4.78, 5) is 23.3. The Morgan fingerprint density at radius 2 is 0.512 bits per heavy atom. The van der Waals surface area contributed by atoms with Gasteiger partial charge >= 0.3 is 20.4 Å². The Labute approximate surface area is 507 Å². The van der Waals surface area contributed by atoms with Crippen molar-refractivity contribution in [2.75, 3.05) is 0 Å². The number of hydrogen-bond acceptors (Lipinski definition) is 3. The molecule has 7 aromatic rings. The Bertz CT molecular complexity index is 3750. The molecule has 0 fully saturated rings. The molecule has 0 amide bonds. The van der Waals surface area contributed by atoms with Crippen LogP contribution in [0.5, 0.6) is 0 Å². The summed E-state index contributed by atoms with van der Waals surface area (Å²) in [5.74, 6) is 0. The SMILES string of the molecule is CC(C)(C)c1cc(-c2c3nc(c(-c4cc(C(C)(C)C)cc(C(C)(C)C)c4)c4ccc([n-]4)c(-c4cc(C(C)(C)C)cc(C(C)(C)C)c4)c4nc(c(-c5cc(C(C)(C)C)cc(C(C)(C)C)c5)c5ccc2[n-]5)C=C4N)C=C3)cc(C(C)(C)C)c1.[Pd+2]. The van der Waals surface area contributed by atoms with Gasteiger partial charge < -0.3 is 15.7 Å². The molecule has 0 radical (unpaired) electrons. The monoisotopic (exact) mass is 1180 g/mol. The summed E-state index contributed by atoms with van der Waals surface area (Å²) < 4.78 is 0.